The van der Waals surface area contributed by atoms with Gasteiger partial charge in [0.05, 0.1) is 0 Å². The molecule has 2 saturated carbocycles. The fourth-order valence-electron chi connectivity index (χ4n) is 5.24. The third kappa shape index (κ3) is 4.29. The molecule has 0 N–H and O–H groups in total. The van der Waals surface area contributed by atoms with Crippen LogP contribution in [0.2, 0.25) is 0 Å². The zero-order valence-electron chi connectivity index (χ0n) is 18.1. The molecule has 1 spiro atoms. The number of aromatic nitrogens is 1. The minimum Gasteiger partial charge on any atom is -0.338 e. The molecule has 1 saturated heterocycles. The molecular weight excluding hydrogens is 370 g/mol. The van der Waals surface area contributed by atoms with E-state index < -0.39 is 0 Å². The highest BCUT2D eigenvalue weighted by Gasteiger charge is 2.66. The van der Waals surface area contributed by atoms with E-state index in [4.69, 9.17) is 0 Å². The van der Waals surface area contributed by atoms with Crippen LogP contribution in [0.1, 0.15) is 48.8 Å². The van der Waals surface area contributed by atoms with Crippen LogP contribution in [0.15, 0.2) is 48.8 Å². The molecule has 2 heterocycles. The van der Waals surface area contributed by atoms with Gasteiger partial charge in [-0.25, -0.2) is 0 Å². The van der Waals surface area contributed by atoms with Gasteiger partial charge in [0.15, 0.2) is 0 Å². The standard InChI is InChI=1S/C26H33N3O/c1-20-5-2-3-7-23(20)19-28-13-8-21(9-14-28)17-29(18-22-6-4-12-27-16-22)25(30)24-15-26(24)10-11-26/h2-7,12,16,21,24H,8-11,13-15,17-19H2,1H3. The molecule has 4 heteroatoms. The van der Waals surface area contributed by atoms with Crippen molar-refractivity contribution in [3.8, 4) is 0 Å². The van der Waals surface area contributed by atoms with Gasteiger partial charge in [-0.3, -0.25) is 14.7 Å². The first-order chi connectivity index (χ1) is 14.6. The van der Waals surface area contributed by atoms with Crippen molar-refractivity contribution in [2.45, 2.75) is 52.1 Å². The summed E-state index contributed by atoms with van der Waals surface area (Å²) in [6.45, 7) is 7.11. The first-order valence-corrected chi connectivity index (χ1v) is 11.6. The Morgan fingerprint density at radius 2 is 1.97 bits per heavy atom. The second-order valence-electron chi connectivity index (χ2n) is 9.85. The van der Waals surface area contributed by atoms with Crippen molar-refractivity contribution >= 4 is 5.91 Å². The van der Waals surface area contributed by atoms with Crippen molar-refractivity contribution in [2.75, 3.05) is 19.6 Å². The number of likely N-dealkylation sites (tertiary alicyclic amines) is 1. The van der Waals surface area contributed by atoms with E-state index >= 15 is 0 Å². The summed E-state index contributed by atoms with van der Waals surface area (Å²) in [6.07, 6.45) is 9.73. The molecule has 2 aliphatic carbocycles. The van der Waals surface area contributed by atoms with E-state index in [-0.39, 0.29) is 0 Å². The third-order valence-corrected chi connectivity index (χ3v) is 7.63. The Kier molecular flexibility index (Phi) is 5.36. The van der Waals surface area contributed by atoms with Gasteiger partial charge in [-0.2, -0.15) is 0 Å². The number of carbonyl (C=O) groups excluding carboxylic acids is 1. The summed E-state index contributed by atoms with van der Waals surface area (Å²) in [5, 5.41) is 0. The number of rotatable bonds is 7. The number of nitrogens with zero attached hydrogens (tertiary/aromatic N) is 3. The largest absolute Gasteiger partial charge is 0.338 e. The highest BCUT2D eigenvalue weighted by Crippen LogP contribution is 2.71. The first-order valence-electron chi connectivity index (χ1n) is 11.6. The van der Waals surface area contributed by atoms with Gasteiger partial charge in [-0.15, -0.1) is 0 Å². The Hall–Kier alpha value is -2.20. The number of piperidine rings is 1. The topological polar surface area (TPSA) is 36.4 Å². The van der Waals surface area contributed by atoms with Crippen molar-refractivity contribution in [1.29, 1.82) is 0 Å². The molecule has 0 bridgehead atoms. The molecule has 3 fully saturated rings. The summed E-state index contributed by atoms with van der Waals surface area (Å²) >= 11 is 0. The number of pyridine rings is 1. The molecule has 2 aromatic rings. The maximum atomic E-state index is 13.3. The lowest BCUT2D eigenvalue weighted by atomic mass is 9.95. The maximum absolute atomic E-state index is 13.3. The Labute approximate surface area is 180 Å². The van der Waals surface area contributed by atoms with Crippen LogP contribution in [0.25, 0.3) is 0 Å². The second kappa shape index (κ2) is 8.14. The lowest BCUT2D eigenvalue weighted by molar-refractivity contribution is -0.134. The van der Waals surface area contributed by atoms with Crippen LogP contribution in [0.5, 0.6) is 0 Å². The van der Waals surface area contributed by atoms with Gasteiger partial charge in [-0.1, -0.05) is 30.3 Å². The molecule has 1 aromatic carbocycles. The molecule has 3 aliphatic rings. The van der Waals surface area contributed by atoms with Crippen LogP contribution >= 0.6 is 0 Å². The SMILES string of the molecule is Cc1ccccc1CN1CCC(CN(Cc2cccnc2)C(=O)C2CC23CC3)CC1. The molecule has 30 heavy (non-hydrogen) atoms. The maximum Gasteiger partial charge on any atom is 0.226 e. The molecule has 1 aliphatic heterocycles. The first kappa shape index (κ1) is 19.7. The fraction of sp³-hybridized carbons (Fsp3) is 0.538. The van der Waals surface area contributed by atoms with E-state index in [1.54, 1.807) is 6.20 Å². The van der Waals surface area contributed by atoms with Crippen molar-refractivity contribution < 1.29 is 4.79 Å². The van der Waals surface area contributed by atoms with E-state index in [1.807, 2.05) is 12.3 Å². The Balaban J connectivity index is 1.19. The molecule has 1 aromatic heterocycles. The molecule has 1 unspecified atom stereocenters. The monoisotopic (exact) mass is 403 g/mol. The summed E-state index contributed by atoms with van der Waals surface area (Å²) in [5.41, 5.74) is 4.38. The van der Waals surface area contributed by atoms with Crippen LogP contribution in [0, 0.1) is 24.2 Å². The molecular formula is C26H33N3O. The second-order valence-corrected chi connectivity index (χ2v) is 9.85. The number of benzene rings is 1. The van der Waals surface area contributed by atoms with Gasteiger partial charge in [-0.05, 0) is 86.2 Å². The number of hydrogen-bond donors (Lipinski definition) is 0. The lowest BCUT2D eigenvalue weighted by Gasteiger charge is -2.35. The van der Waals surface area contributed by atoms with Crippen molar-refractivity contribution in [1.82, 2.24) is 14.8 Å². The van der Waals surface area contributed by atoms with E-state index in [1.165, 1.54) is 36.8 Å². The van der Waals surface area contributed by atoms with Crippen LogP contribution < -0.4 is 0 Å². The van der Waals surface area contributed by atoms with Gasteiger partial charge in [0, 0.05) is 37.9 Å². The molecule has 158 valence electrons. The van der Waals surface area contributed by atoms with Crippen LogP contribution in [-0.4, -0.2) is 40.3 Å². The van der Waals surface area contributed by atoms with Gasteiger partial charge in [0.25, 0.3) is 0 Å². The summed E-state index contributed by atoms with van der Waals surface area (Å²) in [5.74, 6) is 1.31. The summed E-state index contributed by atoms with van der Waals surface area (Å²) in [7, 11) is 0. The average Bonchev–Trinajstić information content (AvgIpc) is 3.70. The quantitative estimate of drug-likeness (QED) is 0.686. The van der Waals surface area contributed by atoms with Crippen molar-refractivity contribution in [2.24, 2.45) is 17.3 Å². The Bertz CT molecular complexity index is 884. The summed E-state index contributed by atoms with van der Waals surface area (Å²) < 4.78 is 0. The molecule has 0 radical (unpaired) electrons. The number of aryl methyl sites for hydroxylation is 1. The number of carbonyl (C=O) groups is 1. The molecule has 1 amide bonds. The predicted molar refractivity (Wildman–Crippen MR) is 119 cm³/mol. The molecule has 5 rings (SSSR count). The Morgan fingerprint density at radius 3 is 2.63 bits per heavy atom. The smallest absolute Gasteiger partial charge is 0.226 e. The van der Waals surface area contributed by atoms with E-state index in [0.717, 1.165) is 38.2 Å². The van der Waals surface area contributed by atoms with E-state index in [2.05, 4.69) is 52.0 Å². The third-order valence-electron chi connectivity index (χ3n) is 7.63. The summed E-state index contributed by atoms with van der Waals surface area (Å²) in [4.78, 5) is 22.3. The summed E-state index contributed by atoms with van der Waals surface area (Å²) in [6, 6.07) is 12.8. The van der Waals surface area contributed by atoms with Gasteiger partial charge < -0.3 is 4.90 Å². The fourth-order valence-corrected chi connectivity index (χ4v) is 5.24. The normalized spacial score (nSPS) is 22.8. The minimum atomic E-state index is 0.301. The van der Waals surface area contributed by atoms with Crippen LogP contribution in [0.4, 0.5) is 0 Å². The van der Waals surface area contributed by atoms with Gasteiger partial charge in [0.2, 0.25) is 5.91 Å². The zero-order chi connectivity index (χ0) is 20.6. The van der Waals surface area contributed by atoms with Crippen molar-refractivity contribution in [3.63, 3.8) is 0 Å². The van der Waals surface area contributed by atoms with Crippen molar-refractivity contribution in [3.05, 3.63) is 65.5 Å². The molecule has 4 nitrogen and oxygen atoms in total. The number of hydrogen-bond acceptors (Lipinski definition) is 3. The van der Waals surface area contributed by atoms with Crippen LogP contribution in [0.3, 0.4) is 0 Å². The Morgan fingerprint density at radius 1 is 1.17 bits per heavy atom. The number of amides is 1. The van der Waals surface area contributed by atoms with Gasteiger partial charge >= 0.3 is 0 Å². The average molecular weight is 404 g/mol. The zero-order valence-corrected chi connectivity index (χ0v) is 18.1. The van der Waals surface area contributed by atoms with E-state index in [0.29, 0.717) is 29.7 Å². The van der Waals surface area contributed by atoms with E-state index in [9.17, 15) is 4.79 Å². The highest BCUT2D eigenvalue weighted by atomic mass is 16.2. The minimum absolute atomic E-state index is 0.301. The predicted octanol–water partition coefficient (Wildman–Crippen LogP) is 4.43. The lowest BCUT2D eigenvalue weighted by Crippen LogP contribution is -2.41. The van der Waals surface area contributed by atoms with Gasteiger partial charge in [0.1, 0.15) is 0 Å². The highest BCUT2D eigenvalue weighted by molar-refractivity contribution is 5.83. The van der Waals surface area contributed by atoms with Crippen LogP contribution in [-0.2, 0) is 17.9 Å². The molecule has 1 atom stereocenters.